The monoisotopic (exact) mass is 449 g/mol. The van der Waals surface area contributed by atoms with Gasteiger partial charge in [-0.15, -0.1) is 0 Å². The second-order valence-corrected chi connectivity index (χ2v) is 8.16. The van der Waals surface area contributed by atoms with Crippen LogP contribution in [0.3, 0.4) is 0 Å². The zero-order valence-corrected chi connectivity index (χ0v) is 18.3. The molecule has 1 aliphatic heterocycles. The quantitative estimate of drug-likeness (QED) is 0.429. The molecule has 0 fully saturated rings. The van der Waals surface area contributed by atoms with Crippen LogP contribution in [-0.4, -0.2) is 28.0 Å². The van der Waals surface area contributed by atoms with Gasteiger partial charge in [0.1, 0.15) is 11.5 Å². The van der Waals surface area contributed by atoms with E-state index in [-0.39, 0.29) is 17.4 Å². The Morgan fingerprint density at radius 3 is 2.09 bits per heavy atom. The topological polar surface area (TPSA) is 99.2 Å². The fourth-order valence-corrected chi connectivity index (χ4v) is 4.12. The van der Waals surface area contributed by atoms with E-state index in [2.05, 4.69) is 17.1 Å². The van der Waals surface area contributed by atoms with Gasteiger partial charge < -0.3 is 20.8 Å². The molecule has 168 valence electrons. The van der Waals surface area contributed by atoms with Crippen LogP contribution in [0.2, 0.25) is 0 Å². The number of phenolic OH excluding ortho intramolecular Hbond substituents is 2. The second kappa shape index (κ2) is 8.84. The number of aliphatic imine (C=N–C) groups is 1. The maximum Gasteiger partial charge on any atom is 0.266 e. The van der Waals surface area contributed by atoms with Crippen molar-refractivity contribution in [3.8, 4) is 22.6 Å². The zero-order valence-electron chi connectivity index (χ0n) is 18.3. The summed E-state index contributed by atoms with van der Waals surface area (Å²) in [4.78, 5) is 19.4. The Labute approximate surface area is 197 Å². The molecule has 0 saturated heterocycles. The average molecular weight is 450 g/mol. The Morgan fingerprint density at radius 2 is 1.38 bits per heavy atom. The summed E-state index contributed by atoms with van der Waals surface area (Å²) in [6.07, 6.45) is -1.11. The molecule has 5 rings (SSSR count). The van der Waals surface area contributed by atoms with Crippen LogP contribution >= 0.6 is 0 Å². The largest absolute Gasteiger partial charge is 0.508 e. The van der Waals surface area contributed by atoms with Gasteiger partial charge in [0, 0.05) is 11.1 Å². The van der Waals surface area contributed by atoms with Crippen LogP contribution in [0.15, 0.2) is 102 Å². The highest BCUT2D eigenvalue weighted by Gasteiger charge is 2.30. The number of anilines is 1. The van der Waals surface area contributed by atoms with Gasteiger partial charge >= 0.3 is 0 Å². The van der Waals surface area contributed by atoms with E-state index >= 15 is 0 Å². The number of hydrogen-bond donors (Lipinski definition) is 3. The number of nitrogens with two attached hydrogens (primary N) is 1. The summed E-state index contributed by atoms with van der Waals surface area (Å²) in [6, 6.07) is 29.5. The lowest BCUT2D eigenvalue weighted by molar-refractivity contribution is -0.119. The summed E-state index contributed by atoms with van der Waals surface area (Å²) in [6.45, 7) is 0.303. The number of benzene rings is 4. The predicted molar refractivity (Wildman–Crippen MR) is 133 cm³/mol. The number of fused-ring (bicyclic) bond motifs is 1. The third kappa shape index (κ3) is 4.14. The third-order valence-electron chi connectivity index (χ3n) is 5.86. The highest BCUT2D eigenvalue weighted by molar-refractivity contribution is 6.20. The minimum absolute atomic E-state index is 0.0558. The number of carbonyl (C=O) groups is 1. The molecule has 6 heteroatoms. The number of aromatic hydroxyl groups is 2. The van der Waals surface area contributed by atoms with Crippen LogP contribution in [0.4, 0.5) is 5.69 Å². The van der Waals surface area contributed by atoms with Crippen molar-refractivity contribution in [2.75, 3.05) is 4.90 Å². The van der Waals surface area contributed by atoms with Crippen LogP contribution in [0.1, 0.15) is 16.7 Å². The van der Waals surface area contributed by atoms with Crippen molar-refractivity contribution in [1.29, 1.82) is 0 Å². The van der Waals surface area contributed by atoms with Crippen LogP contribution in [0.5, 0.6) is 11.5 Å². The molecule has 4 aromatic carbocycles. The van der Waals surface area contributed by atoms with Crippen molar-refractivity contribution in [1.82, 2.24) is 0 Å². The van der Waals surface area contributed by atoms with Gasteiger partial charge in [0.25, 0.3) is 5.91 Å². The van der Waals surface area contributed by atoms with Gasteiger partial charge in [-0.3, -0.25) is 9.79 Å². The van der Waals surface area contributed by atoms with E-state index in [1.165, 1.54) is 0 Å². The molecule has 0 spiro atoms. The standard InChI is InChI=1S/C28H23N3O3/c29-27-28(34)31(17-18-6-8-20(9-7-18)19-4-2-1-3-5-19)25-15-14-23(33)16-24(25)26(30-27)21-10-12-22(32)13-11-21/h1-16,27,32-33H,17,29H2. The Kier molecular flexibility index (Phi) is 5.57. The first-order valence-electron chi connectivity index (χ1n) is 10.9. The molecule has 0 saturated carbocycles. The highest BCUT2D eigenvalue weighted by atomic mass is 16.3. The smallest absolute Gasteiger partial charge is 0.266 e. The van der Waals surface area contributed by atoms with Gasteiger partial charge in [0.15, 0.2) is 6.17 Å². The van der Waals surface area contributed by atoms with E-state index in [0.29, 0.717) is 29.1 Å². The van der Waals surface area contributed by atoms with Gasteiger partial charge in [-0.25, -0.2) is 0 Å². The Balaban J connectivity index is 1.53. The molecule has 1 amide bonds. The van der Waals surface area contributed by atoms with E-state index in [4.69, 9.17) is 5.73 Å². The maximum atomic E-state index is 13.3. The molecule has 0 bridgehead atoms. The molecule has 1 aliphatic rings. The lowest BCUT2D eigenvalue weighted by atomic mass is 9.99. The lowest BCUT2D eigenvalue weighted by Gasteiger charge is -2.24. The normalized spacial score (nSPS) is 15.4. The summed E-state index contributed by atoms with van der Waals surface area (Å²) in [5.41, 5.74) is 11.7. The number of hydrogen-bond acceptors (Lipinski definition) is 5. The molecule has 0 aromatic heterocycles. The Hall–Kier alpha value is -4.42. The molecule has 6 nitrogen and oxygen atoms in total. The number of benzodiazepines with no additional fused rings is 1. The van der Waals surface area contributed by atoms with Crippen LogP contribution in [0, 0.1) is 0 Å². The van der Waals surface area contributed by atoms with Crippen molar-refractivity contribution in [3.63, 3.8) is 0 Å². The van der Waals surface area contributed by atoms with Crippen LogP contribution in [-0.2, 0) is 11.3 Å². The molecule has 1 unspecified atom stereocenters. The molecular formula is C28H23N3O3. The van der Waals surface area contributed by atoms with Crippen molar-refractivity contribution in [2.45, 2.75) is 12.7 Å². The molecule has 0 aliphatic carbocycles. The van der Waals surface area contributed by atoms with Crippen molar-refractivity contribution in [2.24, 2.45) is 10.7 Å². The maximum absolute atomic E-state index is 13.3. The SMILES string of the molecule is NC1N=C(c2ccc(O)cc2)c2cc(O)ccc2N(Cc2ccc(-c3ccccc3)cc2)C1=O. The minimum Gasteiger partial charge on any atom is -0.508 e. The van der Waals surface area contributed by atoms with Gasteiger partial charge in [0.2, 0.25) is 0 Å². The molecule has 0 radical (unpaired) electrons. The molecule has 4 aromatic rings. The summed E-state index contributed by atoms with van der Waals surface area (Å²) < 4.78 is 0. The summed E-state index contributed by atoms with van der Waals surface area (Å²) >= 11 is 0. The van der Waals surface area contributed by atoms with Crippen LogP contribution in [0.25, 0.3) is 11.1 Å². The molecule has 34 heavy (non-hydrogen) atoms. The number of carbonyl (C=O) groups excluding carboxylic acids is 1. The van der Waals surface area contributed by atoms with Gasteiger partial charge in [-0.1, -0.05) is 54.6 Å². The number of rotatable bonds is 4. The fourth-order valence-electron chi connectivity index (χ4n) is 4.12. The number of amides is 1. The second-order valence-electron chi connectivity index (χ2n) is 8.16. The summed E-state index contributed by atoms with van der Waals surface area (Å²) in [7, 11) is 0. The Morgan fingerprint density at radius 1 is 0.765 bits per heavy atom. The van der Waals surface area contributed by atoms with Crippen LogP contribution < -0.4 is 10.6 Å². The fraction of sp³-hybridized carbons (Fsp3) is 0.0714. The van der Waals surface area contributed by atoms with E-state index < -0.39 is 6.17 Å². The molecular weight excluding hydrogens is 426 g/mol. The zero-order chi connectivity index (χ0) is 23.7. The third-order valence-corrected chi connectivity index (χ3v) is 5.86. The average Bonchev–Trinajstić information content (AvgIpc) is 2.96. The lowest BCUT2D eigenvalue weighted by Crippen LogP contribution is -2.41. The van der Waals surface area contributed by atoms with Crippen molar-refractivity contribution >= 4 is 17.3 Å². The van der Waals surface area contributed by atoms with E-state index in [0.717, 1.165) is 16.7 Å². The molecule has 4 N–H and O–H groups in total. The van der Waals surface area contributed by atoms with Gasteiger partial charge in [-0.05, 0) is 59.2 Å². The van der Waals surface area contributed by atoms with E-state index in [9.17, 15) is 15.0 Å². The first-order chi connectivity index (χ1) is 16.5. The van der Waals surface area contributed by atoms with Crippen molar-refractivity contribution < 1.29 is 15.0 Å². The van der Waals surface area contributed by atoms with Gasteiger partial charge in [-0.2, -0.15) is 0 Å². The molecule has 1 atom stereocenters. The van der Waals surface area contributed by atoms with E-state index in [1.54, 1.807) is 47.4 Å². The summed E-state index contributed by atoms with van der Waals surface area (Å²) in [5, 5.41) is 19.9. The van der Waals surface area contributed by atoms with Gasteiger partial charge in [0.05, 0.1) is 17.9 Å². The number of phenols is 2. The Bertz CT molecular complexity index is 1360. The number of nitrogens with zero attached hydrogens (tertiary/aromatic N) is 2. The van der Waals surface area contributed by atoms with Crippen molar-refractivity contribution in [3.05, 3.63) is 114 Å². The first kappa shape index (κ1) is 21.4. The van der Waals surface area contributed by atoms with E-state index in [1.807, 2.05) is 42.5 Å². The minimum atomic E-state index is -1.11. The highest BCUT2D eigenvalue weighted by Crippen LogP contribution is 2.32. The predicted octanol–water partition coefficient (Wildman–Crippen LogP) is 4.43. The first-order valence-corrected chi connectivity index (χ1v) is 10.9. The molecule has 1 heterocycles. The summed E-state index contributed by atoms with van der Waals surface area (Å²) in [5.74, 6) is -0.164.